The van der Waals surface area contributed by atoms with Gasteiger partial charge in [0.05, 0.1) is 15.8 Å². The number of hydrogen-bond acceptors (Lipinski definition) is 5. The maximum Gasteiger partial charge on any atom is 0.344 e. The monoisotopic (exact) mass is 452 g/mol. The number of halogens is 2. The van der Waals surface area contributed by atoms with Gasteiger partial charge in [0.1, 0.15) is 12.3 Å². The summed E-state index contributed by atoms with van der Waals surface area (Å²) in [6.45, 7) is -1.00. The molecule has 140 valence electrons. The van der Waals surface area contributed by atoms with Crippen LogP contribution in [0.4, 0.5) is 11.4 Å². The van der Waals surface area contributed by atoms with Crippen molar-refractivity contribution in [2.45, 2.75) is 0 Å². The number of carbonyl (C=O) groups excluding carboxylic acids is 3. The number of fused-ring (bicyclic) bond motifs is 1. The third-order valence-electron chi connectivity index (χ3n) is 3.67. The van der Waals surface area contributed by atoms with Crippen LogP contribution >= 0.6 is 27.5 Å². The number of hydrogen-bond donors (Lipinski definition) is 1. The van der Waals surface area contributed by atoms with Crippen LogP contribution in [0.1, 0.15) is 0 Å². The fourth-order valence-corrected chi connectivity index (χ4v) is 3.24. The molecule has 27 heavy (non-hydrogen) atoms. The minimum atomic E-state index is -0.708. The molecule has 2 amide bonds. The fourth-order valence-electron chi connectivity index (χ4n) is 2.45. The summed E-state index contributed by atoms with van der Waals surface area (Å²) in [6, 6.07) is 11.8. The van der Waals surface area contributed by atoms with Gasteiger partial charge in [0.15, 0.2) is 13.2 Å². The standard InChI is InChI=1S/C18H14BrClN2O5/c19-12-7-11(20)5-6-15(12)26-10-18(25)27-9-17(24)22-8-16(23)21-13-3-1-2-4-14(13)22/h1-7H,8-10H2,(H,21,23). The number of amides is 2. The lowest BCUT2D eigenvalue weighted by molar-refractivity contribution is -0.149. The second-order valence-corrected chi connectivity index (χ2v) is 6.86. The van der Waals surface area contributed by atoms with E-state index < -0.39 is 18.5 Å². The van der Waals surface area contributed by atoms with Gasteiger partial charge in [0, 0.05) is 5.02 Å². The molecule has 0 aromatic heterocycles. The maximum atomic E-state index is 12.4. The van der Waals surface area contributed by atoms with Crippen LogP contribution in [0.5, 0.6) is 5.75 Å². The van der Waals surface area contributed by atoms with Crippen LogP contribution in [0.2, 0.25) is 5.02 Å². The van der Waals surface area contributed by atoms with E-state index in [9.17, 15) is 14.4 Å². The maximum absolute atomic E-state index is 12.4. The summed E-state index contributed by atoms with van der Waals surface area (Å²) in [4.78, 5) is 37.3. The molecule has 1 heterocycles. The number of nitrogens with one attached hydrogen (secondary N) is 1. The molecular formula is C18H14BrClN2O5. The predicted octanol–water partition coefficient (Wildman–Crippen LogP) is 3.01. The number of ether oxygens (including phenoxy) is 2. The van der Waals surface area contributed by atoms with Crippen LogP contribution in [-0.4, -0.2) is 37.5 Å². The molecule has 0 spiro atoms. The zero-order chi connectivity index (χ0) is 19.4. The van der Waals surface area contributed by atoms with Crippen LogP contribution in [-0.2, 0) is 19.1 Å². The molecular weight excluding hydrogens is 440 g/mol. The van der Waals surface area contributed by atoms with E-state index in [1.165, 1.54) is 4.90 Å². The minimum Gasteiger partial charge on any atom is -0.481 e. The zero-order valence-electron chi connectivity index (χ0n) is 13.9. The molecule has 7 nitrogen and oxygen atoms in total. The van der Waals surface area contributed by atoms with E-state index >= 15 is 0 Å². The Hall–Kier alpha value is -2.58. The summed E-state index contributed by atoms with van der Waals surface area (Å²) in [5, 5.41) is 3.20. The van der Waals surface area contributed by atoms with Gasteiger partial charge in [-0.15, -0.1) is 0 Å². The molecule has 9 heteroatoms. The first-order chi connectivity index (χ1) is 12.9. The van der Waals surface area contributed by atoms with Gasteiger partial charge in [-0.3, -0.25) is 14.5 Å². The molecule has 1 N–H and O–H groups in total. The highest BCUT2D eigenvalue weighted by molar-refractivity contribution is 9.10. The molecule has 0 unspecified atom stereocenters. The highest BCUT2D eigenvalue weighted by Gasteiger charge is 2.27. The Morgan fingerprint density at radius 1 is 1.19 bits per heavy atom. The number of nitrogens with zero attached hydrogens (tertiary/aromatic N) is 1. The Bertz CT molecular complexity index is 905. The number of carbonyl (C=O) groups is 3. The third kappa shape index (κ3) is 4.78. The van der Waals surface area contributed by atoms with Crippen molar-refractivity contribution in [1.82, 2.24) is 0 Å². The number of esters is 1. The number of para-hydroxylation sites is 2. The quantitative estimate of drug-likeness (QED) is 0.704. The second kappa shape index (κ2) is 8.41. The Morgan fingerprint density at radius 2 is 1.96 bits per heavy atom. The lowest BCUT2D eigenvalue weighted by atomic mass is 10.2. The van der Waals surface area contributed by atoms with Gasteiger partial charge in [-0.05, 0) is 46.3 Å². The largest absolute Gasteiger partial charge is 0.481 e. The molecule has 0 saturated carbocycles. The van der Waals surface area contributed by atoms with E-state index in [-0.39, 0.29) is 19.1 Å². The van der Waals surface area contributed by atoms with Gasteiger partial charge in [-0.1, -0.05) is 23.7 Å². The van der Waals surface area contributed by atoms with E-state index in [1.54, 1.807) is 42.5 Å². The molecule has 2 aromatic rings. The summed E-state index contributed by atoms with van der Waals surface area (Å²) in [7, 11) is 0. The van der Waals surface area contributed by atoms with Crippen LogP contribution in [0, 0.1) is 0 Å². The summed E-state index contributed by atoms with van der Waals surface area (Å²) < 4.78 is 10.9. The summed E-state index contributed by atoms with van der Waals surface area (Å²) in [5.74, 6) is -1.10. The predicted molar refractivity (Wildman–Crippen MR) is 103 cm³/mol. The Balaban J connectivity index is 1.54. The molecule has 0 saturated heterocycles. The van der Waals surface area contributed by atoms with Crippen LogP contribution < -0.4 is 15.0 Å². The molecule has 0 radical (unpaired) electrons. The SMILES string of the molecule is O=C1CN(C(=O)COC(=O)COc2ccc(Cl)cc2Br)c2ccccc2N1. The number of anilines is 2. The summed E-state index contributed by atoms with van der Waals surface area (Å²) >= 11 is 9.11. The van der Waals surface area contributed by atoms with Crippen molar-refractivity contribution in [2.75, 3.05) is 30.0 Å². The van der Waals surface area contributed by atoms with E-state index in [1.807, 2.05) is 0 Å². The van der Waals surface area contributed by atoms with Crippen molar-refractivity contribution in [3.05, 3.63) is 52.0 Å². The van der Waals surface area contributed by atoms with Crippen molar-refractivity contribution >= 4 is 56.7 Å². The first-order valence-corrected chi connectivity index (χ1v) is 9.04. The first-order valence-electron chi connectivity index (χ1n) is 7.87. The Morgan fingerprint density at radius 3 is 2.74 bits per heavy atom. The highest BCUT2D eigenvalue weighted by Crippen LogP contribution is 2.29. The molecule has 1 aliphatic heterocycles. The van der Waals surface area contributed by atoms with Gasteiger partial charge in [0.25, 0.3) is 5.91 Å². The molecule has 2 aromatic carbocycles. The van der Waals surface area contributed by atoms with Gasteiger partial charge >= 0.3 is 5.97 Å². The van der Waals surface area contributed by atoms with Crippen molar-refractivity contribution in [3.8, 4) is 5.75 Å². The van der Waals surface area contributed by atoms with Gasteiger partial charge < -0.3 is 14.8 Å². The van der Waals surface area contributed by atoms with Crippen molar-refractivity contribution in [2.24, 2.45) is 0 Å². The average Bonchev–Trinajstić information content (AvgIpc) is 2.64. The normalized spacial score (nSPS) is 12.8. The molecule has 1 aliphatic rings. The number of rotatable bonds is 5. The fraction of sp³-hybridized carbons (Fsp3) is 0.167. The van der Waals surface area contributed by atoms with Crippen molar-refractivity contribution in [3.63, 3.8) is 0 Å². The molecule has 0 fully saturated rings. The zero-order valence-corrected chi connectivity index (χ0v) is 16.2. The van der Waals surface area contributed by atoms with Crippen LogP contribution in [0.15, 0.2) is 46.9 Å². The third-order valence-corrected chi connectivity index (χ3v) is 4.52. The van der Waals surface area contributed by atoms with E-state index in [0.29, 0.717) is 26.6 Å². The summed E-state index contributed by atoms with van der Waals surface area (Å²) in [6.07, 6.45) is 0. The average molecular weight is 454 g/mol. The number of benzene rings is 2. The first kappa shape index (κ1) is 19.2. The van der Waals surface area contributed by atoms with Crippen LogP contribution in [0.25, 0.3) is 0 Å². The van der Waals surface area contributed by atoms with Crippen molar-refractivity contribution < 1.29 is 23.9 Å². The topological polar surface area (TPSA) is 84.9 Å². The lowest BCUT2D eigenvalue weighted by Gasteiger charge is -2.28. The molecule has 3 rings (SSSR count). The van der Waals surface area contributed by atoms with Gasteiger partial charge in [0.2, 0.25) is 5.91 Å². The lowest BCUT2D eigenvalue weighted by Crippen LogP contribution is -2.44. The van der Waals surface area contributed by atoms with Crippen molar-refractivity contribution in [1.29, 1.82) is 0 Å². The van der Waals surface area contributed by atoms with E-state index in [2.05, 4.69) is 21.2 Å². The highest BCUT2D eigenvalue weighted by atomic mass is 79.9. The van der Waals surface area contributed by atoms with E-state index in [4.69, 9.17) is 21.1 Å². The summed E-state index contributed by atoms with van der Waals surface area (Å²) in [5.41, 5.74) is 1.09. The molecule has 0 bridgehead atoms. The Labute approximate surface area is 168 Å². The molecule has 0 aliphatic carbocycles. The minimum absolute atomic E-state index is 0.137. The smallest absolute Gasteiger partial charge is 0.344 e. The second-order valence-electron chi connectivity index (χ2n) is 5.57. The van der Waals surface area contributed by atoms with E-state index in [0.717, 1.165) is 0 Å². The van der Waals surface area contributed by atoms with Gasteiger partial charge in [-0.25, -0.2) is 4.79 Å². The van der Waals surface area contributed by atoms with Gasteiger partial charge in [-0.2, -0.15) is 0 Å². The molecule has 0 atom stereocenters. The Kier molecular flexibility index (Phi) is 5.98. The van der Waals surface area contributed by atoms with Crippen LogP contribution in [0.3, 0.4) is 0 Å².